The van der Waals surface area contributed by atoms with Crippen molar-refractivity contribution in [1.82, 2.24) is 5.32 Å². The lowest BCUT2D eigenvalue weighted by Gasteiger charge is -2.35. The van der Waals surface area contributed by atoms with Gasteiger partial charge < -0.3 is 20.2 Å². The Morgan fingerprint density at radius 1 is 1.40 bits per heavy atom. The highest BCUT2D eigenvalue weighted by atomic mass is 16.5. The van der Waals surface area contributed by atoms with Gasteiger partial charge in [0, 0.05) is 0 Å². The summed E-state index contributed by atoms with van der Waals surface area (Å²) in [6.07, 6.45) is 5.42. The van der Waals surface area contributed by atoms with Gasteiger partial charge in [-0.15, -0.1) is 0 Å². The number of hydrogen-bond donors (Lipinski definition) is 2. The van der Waals surface area contributed by atoms with Crippen LogP contribution in [0.5, 0.6) is 0 Å². The van der Waals surface area contributed by atoms with Crippen LogP contribution in [0.15, 0.2) is 16.7 Å². The Labute approximate surface area is 117 Å². The van der Waals surface area contributed by atoms with E-state index in [4.69, 9.17) is 14.9 Å². The van der Waals surface area contributed by atoms with Gasteiger partial charge in [-0.2, -0.15) is 0 Å². The first-order valence-electron chi connectivity index (χ1n) is 6.80. The molecular formula is C14H20N2O4. The largest absolute Gasteiger partial charge is 0.467 e. The molecule has 0 bridgehead atoms. The number of ether oxygens (including phenoxy) is 1. The van der Waals surface area contributed by atoms with E-state index in [-0.39, 0.29) is 18.4 Å². The van der Waals surface area contributed by atoms with Crippen molar-refractivity contribution < 1.29 is 18.7 Å². The molecule has 1 amide bonds. The average molecular weight is 280 g/mol. The molecule has 0 spiro atoms. The predicted octanol–water partition coefficient (Wildman–Crippen LogP) is 1.34. The van der Waals surface area contributed by atoms with Crippen molar-refractivity contribution in [1.29, 1.82) is 0 Å². The van der Waals surface area contributed by atoms with Crippen LogP contribution in [0, 0.1) is 0 Å². The van der Waals surface area contributed by atoms with Gasteiger partial charge >= 0.3 is 5.97 Å². The van der Waals surface area contributed by atoms with Crippen LogP contribution < -0.4 is 11.1 Å². The standard InChI is InChI=1S/C14H20N2O4/c1-19-13(18)14(5-3-2-4-6-14)16-12(17)10-7-11(8-15)20-9-10/h7,9H,2-6,8,15H2,1H3,(H,16,17). The molecule has 1 fully saturated rings. The third kappa shape index (κ3) is 2.85. The molecule has 3 N–H and O–H groups in total. The second-order valence-electron chi connectivity index (χ2n) is 5.09. The van der Waals surface area contributed by atoms with Crippen molar-refractivity contribution in [2.45, 2.75) is 44.2 Å². The summed E-state index contributed by atoms with van der Waals surface area (Å²) in [5.74, 6) is -0.181. The highest BCUT2D eigenvalue weighted by Crippen LogP contribution is 2.29. The van der Waals surface area contributed by atoms with Gasteiger partial charge in [-0.25, -0.2) is 4.79 Å². The van der Waals surface area contributed by atoms with Crippen molar-refractivity contribution in [3.05, 3.63) is 23.7 Å². The summed E-state index contributed by atoms with van der Waals surface area (Å²) >= 11 is 0. The fourth-order valence-corrected chi connectivity index (χ4v) is 2.63. The van der Waals surface area contributed by atoms with Crippen LogP contribution in [0.1, 0.15) is 48.2 Å². The minimum absolute atomic E-state index is 0.232. The summed E-state index contributed by atoms with van der Waals surface area (Å²) in [5.41, 5.74) is 4.91. The first-order chi connectivity index (χ1) is 9.61. The molecule has 1 aromatic heterocycles. The molecule has 0 atom stereocenters. The van der Waals surface area contributed by atoms with Gasteiger partial charge in [-0.3, -0.25) is 4.79 Å². The van der Waals surface area contributed by atoms with Crippen molar-refractivity contribution in [3.63, 3.8) is 0 Å². The van der Waals surface area contributed by atoms with Gasteiger partial charge in [0.15, 0.2) is 0 Å². The molecule has 0 aliphatic heterocycles. The minimum Gasteiger partial charge on any atom is -0.467 e. The smallest absolute Gasteiger partial charge is 0.331 e. The van der Waals surface area contributed by atoms with Crippen molar-refractivity contribution >= 4 is 11.9 Å². The summed E-state index contributed by atoms with van der Waals surface area (Å²) < 4.78 is 10.0. The summed E-state index contributed by atoms with van der Waals surface area (Å²) in [7, 11) is 1.34. The summed E-state index contributed by atoms with van der Waals surface area (Å²) in [5, 5.41) is 2.82. The zero-order valence-corrected chi connectivity index (χ0v) is 11.6. The van der Waals surface area contributed by atoms with Crippen LogP contribution in [0.3, 0.4) is 0 Å². The van der Waals surface area contributed by atoms with Crippen molar-refractivity contribution in [2.24, 2.45) is 5.73 Å². The van der Waals surface area contributed by atoms with Crippen LogP contribution >= 0.6 is 0 Å². The number of hydrogen-bond acceptors (Lipinski definition) is 5. The Bertz CT molecular complexity index is 489. The Morgan fingerprint density at radius 3 is 2.65 bits per heavy atom. The number of esters is 1. The Morgan fingerprint density at radius 2 is 2.10 bits per heavy atom. The minimum atomic E-state index is -0.912. The van der Waals surface area contributed by atoms with E-state index in [1.807, 2.05) is 0 Å². The summed E-state index contributed by atoms with van der Waals surface area (Å²) in [4.78, 5) is 24.3. The van der Waals surface area contributed by atoms with Gasteiger partial charge in [0.05, 0.1) is 19.2 Å². The quantitative estimate of drug-likeness (QED) is 0.812. The van der Waals surface area contributed by atoms with Gasteiger partial charge in [-0.1, -0.05) is 19.3 Å². The van der Waals surface area contributed by atoms with Gasteiger partial charge in [0.2, 0.25) is 0 Å². The monoisotopic (exact) mass is 280 g/mol. The molecule has 1 aliphatic carbocycles. The van der Waals surface area contributed by atoms with Crippen LogP contribution in [0.4, 0.5) is 0 Å². The van der Waals surface area contributed by atoms with E-state index in [2.05, 4.69) is 5.32 Å². The molecule has 6 heteroatoms. The summed E-state index contributed by atoms with van der Waals surface area (Å²) in [6, 6.07) is 1.59. The lowest BCUT2D eigenvalue weighted by molar-refractivity contribution is -0.149. The molecular weight excluding hydrogens is 260 g/mol. The number of amides is 1. The van der Waals surface area contributed by atoms with Crippen molar-refractivity contribution in [2.75, 3.05) is 7.11 Å². The molecule has 1 heterocycles. The van der Waals surface area contributed by atoms with E-state index >= 15 is 0 Å². The molecule has 1 saturated carbocycles. The first kappa shape index (κ1) is 14.6. The lowest BCUT2D eigenvalue weighted by Crippen LogP contribution is -2.56. The second kappa shape index (κ2) is 6.09. The van der Waals surface area contributed by atoms with E-state index < -0.39 is 5.54 Å². The highest BCUT2D eigenvalue weighted by molar-refractivity contribution is 5.98. The maximum absolute atomic E-state index is 12.2. The molecule has 0 saturated heterocycles. The van der Waals surface area contributed by atoms with Gasteiger partial charge in [0.1, 0.15) is 17.6 Å². The maximum atomic E-state index is 12.2. The van der Waals surface area contributed by atoms with Gasteiger partial charge in [-0.05, 0) is 18.9 Å². The SMILES string of the molecule is COC(=O)C1(NC(=O)c2coc(CN)c2)CCCCC1. The zero-order chi connectivity index (χ0) is 14.6. The zero-order valence-electron chi connectivity index (χ0n) is 11.6. The third-order valence-electron chi connectivity index (χ3n) is 3.75. The molecule has 1 aromatic rings. The maximum Gasteiger partial charge on any atom is 0.331 e. The number of methoxy groups -OCH3 is 1. The van der Waals surface area contributed by atoms with Crippen LogP contribution in [-0.2, 0) is 16.1 Å². The van der Waals surface area contributed by atoms with E-state index in [1.165, 1.54) is 13.4 Å². The van der Waals surface area contributed by atoms with Crippen LogP contribution in [-0.4, -0.2) is 24.5 Å². The third-order valence-corrected chi connectivity index (χ3v) is 3.75. The number of furan rings is 1. The molecule has 6 nitrogen and oxygen atoms in total. The molecule has 110 valence electrons. The molecule has 0 aromatic carbocycles. The number of nitrogens with one attached hydrogen (secondary N) is 1. The number of carbonyl (C=O) groups excluding carboxylic acids is 2. The van der Waals surface area contributed by atoms with E-state index in [0.29, 0.717) is 24.2 Å². The van der Waals surface area contributed by atoms with E-state index in [0.717, 1.165) is 19.3 Å². The molecule has 1 aliphatic rings. The molecule has 0 unspecified atom stereocenters. The van der Waals surface area contributed by atoms with E-state index in [1.54, 1.807) is 6.07 Å². The highest BCUT2D eigenvalue weighted by Gasteiger charge is 2.42. The average Bonchev–Trinajstić information content (AvgIpc) is 2.96. The fraction of sp³-hybridized carbons (Fsp3) is 0.571. The van der Waals surface area contributed by atoms with Gasteiger partial charge in [0.25, 0.3) is 5.91 Å². The number of carbonyl (C=O) groups is 2. The number of nitrogens with two attached hydrogens (primary N) is 1. The molecule has 20 heavy (non-hydrogen) atoms. The molecule has 2 rings (SSSR count). The Kier molecular flexibility index (Phi) is 4.44. The topological polar surface area (TPSA) is 94.6 Å². The predicted molar refractivity (Wildman–Crippen MR) is 71.9 cm³/mol. The first-order valence-corrected chi connectivity index (χ1v) is 6.80. The lowest BCUT2D eigenvalue weighted by atomic mass is 9.81. The fourth-order valence-electron chi connectivity index (χ4n) is 2.63. The Hall–Kier alpha value is -1.82. The normalized spacial score (nSPS) is 17.5. The Balaban J connectivity index is 2.14. The summed E-state index contributed by atoms with van der Waals surface area (Å²) in [6.45, 7) is 0.232. The second-order valence-corrected chi connectivity index (χ2v) is 5.09. The van der Waals surface area contributed by atoms with Crippen LogP contribution in [0.2, 0.25) is 0 Å². The number of rotatable bonds is 4. The van der Waals surface area contributed by atoms with E-state index in [9.17, 15) is 9.59 Å². The van der Waals surface area contributed by atoms with Crippen LogP contribution in [0.25, 0.3) is 0 Å². The van der Waals surface area contributed by atoms with Crippen molar-refractivity contribution in [3.8, 4) is 0 Å². The molecule has 0 radical (unpaired) electrons.